The number of hydrogen-bond acceptors (Lipinski definition) is 5. The van der Waals surface area contributed by atoms with Crippen molar-refractivity contribution < 1.29 is 4.79 Å². The maximum absolute atomic E-state index is 12.3. The highest BCUT2D eigenvalue weighted by Crippen LogP contribution is 2.26. The van der Waals surface area contributed by atoms with Gasteiger partial charge in [-0.15, -0.1) is 17.5 Å². The molecule has 1 aliphatic rings. The molecule has 8 heteroatoms. The van der Waals surface area contributed by atoms with Gasteiger partial charge < -0.3 is 11.1 Å². The number of nitrogens with one attached hydrogen (secondary N) is 1. The number of hydrogen-bond donors (Lipinski definition) is 2. The number of nitrogens with two attached hydrogens (primary N) is 1. The van der Waals surface area contributed by atoms with E-state index in [0.717, 1.165) is 11.3 Å². The predicted octanol–water partition coefficient (Wildman–Crippen LogP) is 1.65. The molecule has 0 bridgehead atoms. The molecule has 0 saturated heterocycles. The van der Waals surface area contributed by atoms with E-state index in [0.29, 0.717) is 18.9 Å². The van der Waals surface area contributed by atoms with Gasteiger partial charge in [-0.05, 0) is 46.9 Å². The van der Waals surface area contributed by atoms with Crippen molar-refractivity contribution in [2.24, 2.45) is 11.7 Å². The van der Waals surface area contributed by atoms with Crippen LogP contribution in [0.1, 0.15) is 37.7 Å². The SMILES string of the molecule is Cl.NCC(NC(=O)Cc1ccc(-n2cnnn2)cc1)C1CCCCC1. The zero-order valence-corrected chi connectivity index (χ0v) is 15.0. The monoisotopic (exact) mass is 364 g/mol. The van der Waals surface area contributed by atoms with Crippen LogP contribution in [0.4, 0.5) is 0 Å². The van der Waals surface area contributed by atoms with Crippen molar-refractivity contribution in [3.8, 4) is 5.69 Å². The molecule has 1 unspecified atom stereocenters. The molecule has 25 heavy (non-hydrogen) atoms. The van der Waals surface area contributed by atoms with E-state index in [9.17, 15) is 4.79 Å². The summed E-state index contributed by atoms with van der Waals surface area (Å²) < 4.78 is 1.58. The van der Waals surface area contributed by atoms with Gasteiger partial charge in [0, 0.05) is 12.6 Å². The molecule has 1 aromatic carbocycles. The Hall–Kier alpha value is -1.99. The lowest BCUT2D eigenvalue weighted by atomic mass is 9.84. The minimum absolute atomic E-state index is 0. The number of nitrogens with zero attached hydrogens (tertiary/aromatic N) is 4. The Labute approximate surface area is 153 Å². The number of benzene rings is 1. The smallest absolute Gasteiger partial charge is 0.224 e. The highest BCUT2D eigenvalue weighted by atomic mass is 35.5. The molecule has 1 heterocycles. The van der Waals surface area contributed by atoms with E-state index in [1.807, 2.05) is 24.3 Å². The maximum atomic E-state index is 12.3. The molecule has 1 amide bonds. The lowest BCUT2D eigenvalue weighted by Crippen LogP contribution is -2.46. The molecule has 1 saturated carbocycles. The van der Waals surface area contributed by atoms with Crippen molar-refractivity contribution in [3.05, 3.63) is 36.2 Å². The van der Waals surface area contributed by atoms with Gasteiger partial charge >= 0.3 is 0 Å². The highest BCUT2D eigenvalue weighted by molar-refractivity contribution is 5.85. The van der Waals surface area contributed by atoms with Gasteiger partial charge in [-0.2, -0.15) is 0 Å². The Kier molecular flexibility index (Phi) is 7.33. The van der Waals surface area contributed by atoms with E-state index in [2.05, 4.69) is 20.8 Å². The van der Waals surface area contributed by atoms with Crippen LogP contribution in [0, 0.1) is 5.92 Å². The largest absolute Gasteiger partial charge is 0.352 e. The van der Waals surface area contributed by atoms with Crippen LogP contribution < -0.4 is 11.1 Å². The van der Waals surface area contributed by atoms with Crippen LogP contribution in [0.2, 0.25) is 0 Å². The highest BCUT2D eigenvalue weighted by Gasteiger charge is 2.23. The number of aromatic nitrogens is 4. The summed E-state index contributed by atoms with van der Waals surface area (Å²) >= 11 is 0. The average molecular weight is 365 g/mol. The quantitative estimate of drug-likeness (QED) is 0.812. The third kappa shape index (κ3) is 5.24. The molecule has 1 aromatic heterocycles. The van der Waals surface area contributed by atoms with Crippen LogP contribution >= 0.6 is 12.4 Å². The number of rotatable bonds is 6. The zero-order chi connectivity index (χ0) is 16.8. The van der Waals surface area contributed by atoms with Gasteiger partial charge in [0.1, 0.15) is 6.33 Å². The number of carbonyl (C=O) groups excluding carboxylic acids is 1. The van der Waals surface area contributed by atoms with Gasteiger partial charge in [0.15, 0.2) is 0 Å². The van der Waals surface area contributed by atoms with E-state index >= 15 is 0 Å². The summed E-state index contributed by atoms with van der Waals surface area (Å²) in [4.78, 5) is 12.3. The van der Waals surface area contributed by atoms with Gasteiger partial charge in [0.05, 0.1) is 12.1 Å². The minimum Gasteiger partial charge on any atom is -0.352 e. The number of carbonyl (C=O) groups is 1. The van der Waals surface area contributed by atoms with Gasteiger partial charge in [-0.25, -0.2) is 4.68 Å². The first-order chi connectivity index (χ1) is 11.8. The molecule has 1 atom stereocenters. The summed E-state index contributed by atoms with van der Waals surface area (Å²) in [6, 6.07) is 7.75. The van der Waals surface area contributed by atoms with E-state index in [4.69, 9.17) is 5.73 Å². The summed E-state index contributed by atoms with van der Waals surface area (Å²) in [5.74, 6) is 0.557. The van der Waals surface area contributed by atoms with Gasteiger partial charge in [-0.1, -0.05) is 31.4 Å². The van der Waals surface area contributed by atoms with Crippen LogP contribution in [-0.2, 0) is 11.2 Å². The van der Waals surface area contributed by atoms with E-state index < -0.39 is 0 Å². The van der Waals surface area contributed by atoms with Crippen molar-refractivity contribution in [3.63, 3.8) is 0 Å². The molecule has 1 fully saturated rings. The van der Waals surface area contributed by atoms with Crippen molar-refractivity contribution in [1.29, 1.82) is 0 Å². The molecule has 3 N–H and O–H groups in total. The fourth-order valence-electron chi connectivity index (χ4n) is 3.40. The Bertz CT molecular complexity index is 640. The Morgan fingerprint density at radius 2 is 1.96 bits per heavy atom. The Balaban J connectivity index is 0.00000225. The van der Waals surface area contributed by atoms with Gasteiger partial charge in [-0.3, -0.25) is 4.79 Å². The summed E-state index contributed by atoms with van der Waals surface area (Å²) in [5.41, 5.74) is 7.71. The second kappa shape index (κ2) is 9.48. The normalized spacial score (nSPS) is 16.0. The lowest BCUT2D eigenvalue weighted by Gasteiger charge is -2.30. The van der Waals surface area contributed by atoms with Crippen molar-refractivity contribution in [2.45, 2.75) is 44.6 Å². The first-order valence-electron chi connectivity index (χ1n) is 8.58. The Morgan fingerprint density at radius 3 is 2.56 bits per heavy atom. The van der Waals surface area contributed by atoms with Crippen LogP contribution in [0.5, 0.6) is 0 Å². The fraction of sp³-hybridized carbons (Fsp3) is 0.529. The Morgan fingerprint density at radius 1 is 1.24 bits per heavy atom. The number of halogens is 1. The fourth-order valence-corrected chi connectivity index (χ4v) is 3.40. The molecule has 7 nitrogen and oxygen atoms in total. The van der Waals surface area contributed by atoms with Crippen LogP contribution in [0.3, 0.4) is 0 Å². The molecule has 1 aliphatic carbocycles. The maximum Gasteiger partial charge on any atom is 0.224 e. The topological polar surface area (TPSA) is 98.7 Å². The van der Waals surface area contributed by atoms with Crippen LogP contribution in [0.15, 0.2) is 30.6 Å². The van der Waals surface area contributed by atoms with Crippen LogP contribution in [-0.4, -0.2) is 38.7 Å². The molecule has 3 rings (SSSR count). The summed E-state index contributed by atoms with van der Waals surface area (Å²) in [7, 11) is 0. The second-order valence-corrected chi connectivity index (χ2v) is 6.41. The van der Waals surface area contributed by atoms with Crippen molar-refractivity contribution in [2.75, 3.05) is 6.54 Å². The lowest BCUT2D eigenvalue weighted by molar-refractivity contribution is -0.121. The standard InChI is InChI=1S/C17H24N6O.ClH/c18-11-16(14-4-2-1-3-5-14)20-17(24)10-13-6-8-15(9-7-13)23-12-19-21-22-23;/h6-9,12,14,16H,1-5,10-11,18H2,(H,20,24);1H. The van der Waals surface area contributed by atoms with E-state index in [1.54, 1.807) is 4.68 Å². The predicted molar refractivity (Wildman–Crippen MR) is 97.7 cm³/mol. The van der Waals surface area contributed by atoms with Crippen molar-refractivity contribution >= 4 is 18.3 Å². The van der Waals surface area contributed by atoms with E-state index in [1.165, 1.54) is 38.4 Å². The first kappa shape index (κ1) is 19.3. The van der Waals surface area contributed by atoms with Gasteiger partial charge in [0.25, 0.3) is 0 Å². The molecule has 2 aromatic rings. The molecular formula is C17H25ClN6O. The second-order valence-electron chi connectivity index (χ2n) is 6.41. The first-order valence-corrected chi connectivity index (χ1v) is 8.58. The minimum atomic E-state index is 0. The number of amides is 1. The van der Waals surface area contributed by atoms with Crippen LogP contribution in [0.25, 0.3) is 5.69 Å². The molecule has 136 valence electrons. The summed E-state index contributed by atoms with van der Waals surface area (Å²) in [5, 5.41) is 14.2. The summed E-state index contributed by atoms with van der Waals surface area (Å²) in [6.07, 6.45) is 8.03. The zero-order valence-electron chi connectivity index (χ0n) is 14.2. The molecule has 0 spiro atoms. The third-order valence-electron chi connectivity index (χ3n) is 4.73. The van der Waals surface area contributed by atoms with E-state index in [-0.39, 0.29) is 24.4 Å². The molecular weight excluding hydrogens is 340 g/mol. The average Bonchev–Trinajstić information content (AvgIpc) is 3.16. The molecule has 0 aliphatic heterocycles. The third-order valence-corrected chi connectivity index (χ3v) is 4.73. The van der Waals surface area contributed by atoms with Crippen molar-refractivity contribution in [1.82, 2.24) is 25.5 Å². The number of tetrazole rings is 1. The van der Waals surface area contributed by atoms with Gasteiger partial charge in [0.2, 0.25) is 5.91 Å². The summed E-state index contributed by atoms with van der Waals surface area (Å²) in [6.45, 7) is 0.509. The molecule has 0 radical (unpaired) electrons.